The summed E-state index contributed by atoms with van der Waals surface area (Å²) in [7, 11) is 0. The Morgan fingerprint density at radius 2 is 2.00 bits per heavy atom. The lowest BCUT2D eigenvalue weighted by atomic mass is 9.82. The number of aromatic nitrogens is 3. The van der Waals surface area contributed by atoms with E-state index >= 15 is 0 Å². The standard InChI is InChI=1S/C14H16ClN3O/c15-12-6-4-10(5-7-12)8-18-14(11-2-1-3-11)13(9-19)16-17-18/h4-7,11,19H,1-3,8-9H2. The first-order valence-corrected chi connectivity index (χ1v) is 6.93. The van der Waals surface area contributed by atoms with E-state index in [9.17, 15) is 5.11 Å². The topological polar surface area (TPSA) is 50.9 Å². The van der Waals surface area contributed by atoms with Gasteiger partial charge in [-0.2, -0.15) is 0 Å². The lowest BCUT2D eigenvalue weighted by Gasteiger charge is -2.26. The van der Waals surface area contributed by atoms with Crippen LogP contribution in [0.5, 0.6) is 0 Å². The van der Waals surface area contributed by atoms with E-state index in [2.05, 4.69) is 10.3 Å². The lowest BCUT2D eigenvalue weighted by molar-refractivity contribution is 0.271. The van der Waals surface area contributed by atoms with E-state index in [0.717, 1.165) is 22.0 Å². The van der Waals surface area contributed by atoms with Crippen LogP contribution in [-0.4, -0.2) is 20.1 Å². The fraction of sp³-hybridized carbons (Fsp3) is 0.429. The zero-order valence-corrected chi connectivity index (χ0v) is 11.3. The summed E-state index contributed by atoms with van der Waals surface area (Å²) >= 11 is 5.89. The van der Waals surface area contributed by atoms with Gasteiger partial charge in [0.1, 0.15) is 5.69 Å². The molecule has 1 aliphatic rings. The maximum Gasteiger partial charge on any atom is 0.112 e. The van der Waals surface area contributed by atoms with Crippen molar-refractivity contribution in [3.05, 3.63) is 46.2 Å². The molecule has 0 aliphatic heterocycles. The van der Waals surface area contributed by atoms with E-state index in [0.29, 0.717) is 12.5 Å². The van der Waals surface area contributed by atoms with Gasteiger partial charge >= 0.3 is 0 Å². The quantitative estimate of drug-likeness (QED) is 0.935. The van der Waals surface area contributed by atoms with Crippen LogP contribution < -0.4 is 0 Å². The highest BCUT2D eigenvalue weighted by Gasteiger charge is 2.27. The highest BCUT2D eigenvalue weighted by Crippen LogP contribution is 2.37. The molecular weight excluding hydrogens is 262 g/mol. The molecule has 0 amide bonds. The molecule has 19 heavy (non-hydrogen) atoms. The van der Waals surface area contributed by atoms with E-state index in [1.165, 1.54) is 19.3 Å². The van der Waals surface area contributed by atoms with Gasteiger partial charge in [-0.25, -0.2) is 4.68 Å². The Hall–Kier alpha value is -1.39. The van der Waals surface area contributed by atoms with Crippen LogP contribution in [0.2, 0.25) is 5.02 Å². The van der Waals surface area contributed by atoms with Gasteiger partial charge in [0.15, 0.2) is 0 Å². The van der Waals surface area contributed by atoms with Crippen molar-refractivity contribution in [3.63, 3.8) is 0 Å². The van der Waals surface area contributed by atoms with Crippen LogP contribution in [0.25, 0.3) is 0 Å². The number of rotatable bonds is 4. The molecule has 5 heteroatoms. The molecule has 2 aromatic rings. The Kier molecular flexibility index (Phi) is 3.53. The fourth-order valence-corrected chi connectivity index (χ4v) is 2.60. The summed E-state index contributed by atoms with van der Waals surface area (Å²) < 4.78 is 1.92. The van der Waals surface area contributed by atoms with Crippen molar-refractivity contribution >= 4 is 11.6 Å². The molecule has 1 aromatic carbocycles. The van der Waals surface area contributed by atoms with Crippen LogP contribution >= 0.6 is 11.6 Å². The third-order valence-corrected chi connectivity index (χ3v) is 3.99. The van der Waals surface area contributed by atoms with Crippen LogP contribution in [0.3, 0.4) is 0 Å². The molecule has 100 valence electrons. The molecule has 0 unspecified atom stereocenters. The number of aliphatic hydroxyl groups is 1. The van der Waals surface area contributed by atoms with Gasteiger partial charge in [-0.1, -0.05) is 35.4 Å². The van der Waals surface area contributed by atoms with E-state index in [1.807, 2.05) is 28.9 Å². The fourth-order valence-electron chi connectivity index (χ4n) is 2.48. The summed E-state index contributed by atoms with van der Waals surface area (Å²) in [6, 6.07) is 7.74. The first kappa shape index (κ1) is 12.6. The Morgan fingerprint density at radius 1 is 1.26 bits per heavy atom. The minimum atomic E-state index is -0.0353. The summed E-state index contributed by atoms with van der Waals surface area (Å²) in [6.45, 7) is 0.641. The molecule has 0 spiro atoms. The van der Waals surface area contributed by atoms with Gasteiger partial charge in [0.05, 0.1) is 18.8 Å². The number of nitrogens with zero attached hydrogens (tertiary/aromatic N) is 3. The minimum absolute atomic E-state index is 0.0353. The third-order valence-electron chi connectivity index (χ3n) is 3.73. The first-order chi connectivity index (χ1) is 9.28. The molecule has 0 bridgehead atoms. The minimum Gasteiger partial charge on any atom is -0.390 e. The van der Waals surface area contributed by atoms with E-state index in [-0.39, 0.29) is 6.61 Å². The molecule has 1 aromatic heterocycles. The Labute approximate surface area is 117 Å². The summed E-state index contributed by atoms with van der Waals surface area (Å²) in [6.07, 6.45) is 3.59. The van der Waals surface area contributed by atoms with Gasteiger partial charge in [0.25, 0.3) is 0 Å². The molecule has 1 aliphatic carbocycles. The first-order valence-electron chi connectivity index (χ1n) is 6.55. The van der Waals surface area contributed by atoms with Gasteiger partial charge in [-0.05, 0) is 30.5 Å². The van der Waals surface area contributed by atoms with Gasteiger partial charge in [-0.3, -0.25) is 0 Å². The average molecular weight is 278 g/mol. The largest absolute Gasteiger partial charge is 0.390 e. The van der Waals surface area contributed by atoms with Crippen LogP contribution in [-0.2, 0) is 13.2 Å². The summed E-state index contributed by atoms with van der Waals surface area (Å²) in [4.78, 5) is 0. The lowest BCUT2D eigenvalue weighted by Crippen LogP contribution is -2.17. The van der Waals surface area contributed by atoms with Crippen molar-refractivity contribution < 1.29 is 5.11 Å². The molecule has 1 fully saturated rings. The molecular formula is C14H16ClN3O. The van der Waals surface area contributed by atoms with Crippen LogP contribution in [0.1, 0.15) is 42.1 Å². The van der Waals surface area contributed by atoms with Gasteiger partial charge < -0.3 is 5.11 Å². The molecule has 0 atom stereocenters. The van der Waals surface area contributed by atoms with Crippen LogP contribution in [0.15, 0.2) is 24.3 Å². The summed E-state index contributed by atoms with van der Waals surface area (Å²) in [5.41, 5.74) is 2.96. The third kappa shape index (κ3) is 2.51. The van der Waals surface area contributed by atoms with Crippen molar-refractivity contribution in [1.29, 1.82) is 0 Å². The maximum absolute atomic E-state index is 9.37. The van der Waals surface area contributed by atoms with Crippen molar-refractivity contribution in [3.8, 4) is 0 Å². The van der Waals surface area contributed by atoms with Crippen molar-refractivity contribution in [2.24, 2.45) is 0 Å². The van der Waals surface area contributed by atoms with Crippen LogP contribution in [0.4, 0.5) is 0 Å². The van der Waals surface area contributed by atoms with Gasteiger partial charge in [0.2, 0.25) is 0 Å². The number of hydrogen-bond donors (Lipinski definition) is 1. The molecule has 3 rings (SSSR count). The van der Waals surface area contributed by atoms with Gasteiger partial charge in [0, 0.05) is 10.9 Å². The normalized spacial score (nSPS) is 15.5. The van der Waals surface area contributed by atoms with Crippen molar-refractivity contribution in [2.45, 2.75) is 38.3 Å². The van der Waals surface area contributed by atoms with Crippen LogP contribution in [0, 0.1) is 0 Å². The predicted molar refractivity (Wildman–Crippen MR) is 73.1 cm³/mol. The van der Waals surface area contributed by atoms with Crippen molar-refractivity contribution in [1.82, 2.24) is 15.0 Å². The summed E-state index contributed by atoms with van der Waals surface area (Å²) in [5, 5.41) is 18.4. The Balaban J connectivity index is 1.87. The monoisotopic (exact) mass is 277 g/mol. The molecule has 1 saturated carbocycles. The van der Waals surface area contributed by atoms with E-state index in [4.69, 9.17) is 11.6 Å². The highest BCUT2D eigenvalue weighted by atomic mass is 35.5. The number of aliphatic hydroxyl groups excluding tert-OH is 1. The smallest absolute Gasteiger partial charge is 0.112 e. The van der Waals surface area contributed by atoms with E-state index < -0.39 is 0 Å². The molecule has 0 radical (unpaired) electrons. The SMILES string of the molecule is OCc1nnn(Cc2ccc(Cl)cc2)c1C1CCC1. The maximum atomic E-state index is 9.37. The summed E-state index contributed by atoms with van der Waals surface area (Å²) in [5.74, 6) is 0.504. The molecule has 0 saturated heterocycles. The molecule has 1 N–H and O–H groups in total. The average Bonchev–Trinajstić information content (AvgIpc) is 2.73. The Morgan fingerprint density at radius 3 is 2.58 bits per heavy atom. The highest BCUT2D eigenvalue weighted by molar-refractivity contribution is 6.30. The molecule has 4 nitrogen and oxygen atoms in total. The number of hydrogen-bond acceptors (Lipinski definition) is 3. The Bertz CT molecular complexity index is 561. The zero-order chi connectivity index (χ0) is 13.2. The number of halogens is 1. The predicted octanol–water partition coefficient (Wildman–Crippen LogP) is 2.74. The molecule has 1 heterocycles. The van der Waals surface area contributed by atoms with Crippen molar-refractivity contribution in [2.75, 3.05) is 0 Å². The second-order valence-electron chi connectivity index (χ2n) is 4.99. The van der Waals surface area contributed by atoms with Gasteiger partial charge in [-0.15, -0.1) is 5.10 Å². The van der Waals surface area contributed by atoms with E-state index in [1.54, 1.807) is 0 Å². The zero-order valence-electron chi connectivity index (χ0n) is 10.6. The number of benzene rings is 1. The second kappa shape index (κ2) is 5.31. The second-order valence-corrected chi connectivity index (χ2v) is 5.43.